The van der Waals surface area contributed by atoms with Crippen LogP contribution in [0.4, 0.5) is 0 Å². The molecule has 0 aliphatic carbocycles. The molecule has 2 nitrogen and oxygen atoms in total. The molecule has 1 aliphatic rings. The minimum atomic E-state index is 0. The number of hydrogen-bond acceptors (Lipinski definition) is 0. The van der Waals surface area contributed by atoms with Crippen molar-refractivity contribution in [1.82, 2.24) is 0 Å². The first kappa shape index (κ1) is 33.4. The Bertz CT molecular complexity index is 1090. The topological polar surface area (TPSA) is 25.3 Å². The molecule has 39 heavy (non-hydrogen) atoms. The van der Waals surface area contributed by atoms with E-state index in [9.17, 15) is 5.53 Å². The molecule has 1 aliphatic heterocycles. The molecule has 1 heterocycles. The van der Waals surface area contributed by atoms with Crippen LogP contribution in [0.15, 0.2) is 59.7 Å². The molecule has 0 unspecified atom stereocenters. The monoisotopic (exact) mass is 618 g/mol. The first-order valence-corrected chi connectivity index (χ1v) is 15.8. The Morgan fingerprint density at radius 1 is 0.513 bits per heavy atom. The minimum Gasteiger partial charge on any atom is -0.493 e. The van der Waals surface area contributed by atoms with Gasteiger partial charge in [-0.25, -0.2) is 4.70 Å². The predicted molar refractivity (Wildman–Crippen MR) is 165 cm³/mol. The quantitative estimate of drug-likeness (QED) is 0.0902. The molecule has 0 saturated heterocycles. The maximum absolute atomic E-state index is 11.9. The Morgan fingerprint density at radius 2 is 0.923 bits per heavy atom. The maximum atomic E-state index is 11.9. The molecule has 2 aromatic carbocycles. The van der Waals surface area contributed by atoms with E-state index in [0.717, 1.165) is 61.0 Å². The summed E-state index contributed by atoms with van der Waals surface area (Å²) in [6.45, 7) is 9.07. The fraction of sp³-hybridized carbons (Fsp3) is 0.556. The van der Waals surface area contributed by atoms with Crippen LogP contribution in [0.1, 0.15) is 140 Å². The number of nitrogens with zero attached hydrogens (tertiary/aromatic N) is 2. The maximum Gasteiger partial charge on any atom is 0.211 e. The van der Waals surface area contributed by atoms with E-state index >= 15 is 0 Å². The summed E-state index contributed by atoms with van der Waals surface area (Å²) in [5.74, 6) is 0. The molecular formula is C36H52N2Pd. The molecular weight excluding hydrogens is 567 g/mol. The van der Waals surface area contributed by atoms with E-state index in [1.54, 1.807) is 4.70 Å². The van der Waals surface area contributed by atoms with Gasteiger partial charge in [-0.05, 0) is 86.8 Å². The van der Waals surface area contributed by atoms with Crippen LogP contribution in [-0.2, 0) is 33.3 Å². The van der Waals surface area contributed by atoms with Gasteiger partial charge in [0.25, 0.3) is 0 Å². The van der Waals surface area contributed by atoms with Crippen LogP contribution >= 0.6 is 0 Å². The second kappa shape index (κ2) is 18.5. The van der Waals surface area contributed by atoms with Gasteiger partial charge < -0.3 is 5.53 Å². The van der Waals surface area contributed by atoms with Gasteiger partial charge in [-0.15, -0.1) is 0 Å². The zero-order chi connectivity index (χ0) is 27.2. The average molecular weight is 619 g/mol. The van der Waals surface area contributed by atoms with Gasteiger partial charge in [-0.3, -0.25) is 0 Å². The van der Waals surface area contributed by atoms with Crippen LogP contribution in [0.5, 0.6) is 0 Å². The van der Waals surface area contributed by atoms with Gasteiger partial charge in [0.2, 0.25) is 11.4 Å². The molecule has 0 saturated carbocycles. The minimum absolute atomic E-state index is 0. The SMILES string of the molecule is CCCCCCC1=C(c2cccc(CCCCC)c2)[N+](=[N-])C(c2cccc(CCCCC)c2)=C1CCCC.[Pd]. The van der Waals surface area contributed by atoms with E-state index in [2.05, 4.69) is 76.2 Å². The molecule has 3 heteroatoms. The third-order valence-corrected chi connectivity index (χ3v) is 7.96. The van der Waals surface area contributed by atoms with Gasteiger partial charge in [0.15, 0.2) is 0 Å². The summed E-state index contributed by atoms with van der Waals surface area (Å²) in [5, 5.41) is 0. The summed E-state index contributed by atoms with van der Waals surface area (Å²) in [6.07, 6.45) is 19.0. The molecule has 0 radical (unpaired) electrons. The van der Waals surface area contributed by atoms with Crippen LogP contribution in [0, 0.1) is 0 Å². The Balaban J connectivity index is 0.00000533. The van der Waals surface area contributed by atoms with Gasteiger partial charge in [0.05, 0.1) is 0 Å². The summed E-state index contributed by atoms with van der Waals surface area (Å²) in [4.78, 5) is 0. The molecule has 0 aromatic heterocycles. The fourth-order valence-corrected chi connectivity index (χ4v) is 5.77. The summed E-state index contributed by atoms with van der Waals surface area (Å²) in [5.41, 5.74) is 21.8. The summed E-state index contributed by atoms with van der Waals surface area (Å²) >= 11 is 0. The summed E-state index contributed by atoms with van der Waals surface area (Å²) in [7, 11) is 0. The van der Waals surface area contributed by atoms with Crippen molar-refractivity contribution < 1.29 is 25.1 Å². The van der Waals surface area contributed by atoms with E-state index in [4.69, 9.17) is 0 Å². The molecule has 3 rings (SSSR count). The standard InChI is InChI=1S/C36H52N2.Pd/c1-5-9-13-16-26-34-33(25-12-8-4)35(31-23-17-21-29(27-31)19-14-10-6-2)38(37)36(34)32-24-18-22-30(28-32)20-15-11-7-3;/h17-18,21-24,27-28H,5-16,19-20,25-26H2,1-4H3;. The third kappa shape index (κ3) is 9.65. The van der Waals surface area contributed by atoms with Crippen molar-refractivity contribution in [3.05, 3.63) is 87.5 Å². The van der Waals surface area contributed by atoms with Crippen LogP contribution in [0.2, 0.25) is 0 Å². The molecule has 216 valence electrons. The van der Waals surface area contributed by atoms with Gasteiger partial charge in [-0.1, -0.05) is 103 Å². The van der Waals surface area contributed by atoms with E-state index < -0.39 is 0 Å². The van der Waals surface area contributed by atoms with Crippen LogP contribution in [0.3, 0.4) is 0 Å². The Labute approximate surface area is 253 Å². The van der Waals surface area contributed by atoms with Crippen molar-refractivity contribution in [2.45, 2.75) is 130 Å². The van der Waals surface area contributed by atoms with E-state index in [0.29, 0.717) is 0 Å². The zero-order valence-corrected chi connectivity index (χ0v) is 26.7. The predicted octanol–water partition coefficient (Wildman–Crippen LogP) is 11.5. The first-order valence-electron chi connectivity index (χ1n) is 15.8. The largest absolute Gasteiger partial charge is 0.493 e. The van der Waals surface area contributed by atoms with E-state index in [1.165, 1.54) is 86.5 Å². The van der Waals surface area contributed by atoms with Gasteiger partial charge in [-0.2, -0.15) is 0 Å². The molecule has 2 aromatic rings. The summed E-state index contributed by atoms with van der Waals surface area (Å²) < 4.78 is 1.57. The number of rotatable bonds is 18. The number of allylic oxidation sites excluding steroid dienone is 2. The van der Waals surface area contributed by atoms with Crippen molar-refractivity contribution in [3.63, 3.8) is 0 Å². The van der Waals surface area contributed by atoms with Crippen molar-refractivity contribution in [2.75, 3.05) is 0 Å². The van der Waals surface area contributed by atoms with Crippen LogP contribution in [0.25, 0.3) is 16.9 Å². The Morgan fingerprint density at radius 3 is 1.38 bits per heavy atom. The number of hydrogen-bond donors (Lipinski definition) is 0. The normalized spacial score (nSPS) is 13.4. The summed E-state index contributed by atoms with van der Waals surface area (Å²) in [6, 6.07) is 17.9. The molecule has 0 amide bonds. The van der Waals surface area contributed by atoms with E-state index in [-0.39, 0.29) is 20.4 Å². The third-order valence-electron chi connectivity index (χ3n) is 7.96. The number of aryl methyl sites for hydroxylation is 2. The van der Waals surface area contributed by atoms with Crippen molar-refractivity contribution >= 4 is 11.4 Å². The van der Waals surface area contributed by atoms with Gasteiger partial charge in [0, 0.05) is 42.7 Å². The van der Waals surface area contributed by atoms with Gasteiger partial charge >= 0.3 is 0 Å². The molecule has 0 bridgehead atoms. The van der Waals surface area contributed by atoms with Gasteiger partial charge in [0.1, 0.15) is 0 Å². The van der Waals surface area contributed by atoms with Crippen LogP contribution < -0.4 is 0 Å². The molecule has 0 atom stereocenters. The first-order chi connectivity index (χ1) is 18.6. The van der Waals surface area contributed by atoms with Crippen molar-refractivity contribution in [3.8, 4) is 0 Å². The van der Waals surface area contributed by atoms with E-state index in [1.807, 2.05) is 0 Å². The fourth-order valence-electron chi connectivity index (χ4n) is 5.77. The average Bonchev–Trinajstić information content (AvgIpc) is 3.21. The zero-order valence-electron chi connectivity index (χ0n) is 25.1. The smallest absolute Gasteiger partial charge is 0.211 e. The molecule has 0 fully saturated rings. The second-order valence-corrected chi connectivity index (χ2v) is 11.2. The Hall–Kier alpha value is -1.82. The van der Waals surface area contributed by atoms with Crippen LogP contribution in [-0.4, -0.2) is 4.70 Å². The Kier molecular flexibility index (Phi) is 15.9. The number of unbranched alkanes of at least 4 members (excludes halogenated alkanes) is 8. The number of benzene rings is 2. The molecule has 0 spiro atoms. The van der Waals surface area contributed by atoms with Crippen molar-refractivity contribution in [2.24, 2.45) is 0 Å². The second-order valence-electron chi connectivity index (χ2n) is 11.2. The van der Waals surface area contributed by atoms with Crippen molar-refractivity contribution in [1.29, 1.82) is 0 Å². The molecule has 0 N–H and O–H groups in total.